The number of rotatable bonds is 8. The second-order valence-electron chi connectivity index (χ2n) is 8.36. The van der Waals surface area contributed by atoms with Gasteiger partial charge in [-0.2, -0.15) is 0 Å². The summed E-state index contributed by atoms with van der Waals surface area (Å²) in [5.74, 6) is -1.43. The molecular weight excluding hydrogens is 529 g/mol. The van der Waals surface area contributed by atoms with Crippen LogP contribution in [0.3, 0.4) is 0 Å². The minimum atomic E-state index is -0.722. The lowest BCUT2D eigenvalue weighted by molar-refractivity contribution is -0.129. The minimum absolute atomic E-state index is 0.0395. The summed E-state index contributed by atoms with van der Waals surface area (Å²) in [5, 5.41) is 2.95. The van der Waals surface area contributed by atoms with Crippen LogP contribution < -0.4 is 5.32 Å². The van der Waals surface area contributed by atoms with Crippen molar-refractivity contribution in [3.05, 3.63) is 94.8 Å². The summed E-state index contributed by atoms with van der Waals surface area (Å²) in [6, 6.07) is 19.5. The quantitative estimate of drug-likeness (QED) is 0.353. The Morgan fingerprint density at radius 2 is 1.82 bits per heavy atom. The number of halogens is 2. The van der Waals surface area contributed by atoms with Gasteiger partial charge in [-0.05, 0) is 73.5 Å². The third-order valence-corrected chi connectivity index (χ3v) is 7.15. The van der Waals surface area contributed by atoms with E-state index in [1.807, 2.05) is 0 Å². The van der Waals surface area contributed by atoms with Crippen LogP contribution in [0.1, 0.15) is 29.3 Å². The summed E-state index contributed by atoms with van der Waals surface area (Å²) in [4.78, 5) is 44.3. The molecule has 3 aromatic carbocycles. The van der Waals surface area contributed by atoms with Gasteiger partial charge in [0.1, 0.15) is 11.1 Å². The van der Waals surface area contributed by atoms with Crippen molar-refractivity contribution in [3.8, 4) is 0 Å². The molecule has 4 rings (SSSR count). The molecule has 3 aromatic rings. The first-order chi connectivity index (χ1) is 18.3. The fourth-order valence-electron chi connectivity index (χ4n) is 3.75. The lowest BCUT2D eigenvalue weighted by Gasteiger charge is -2.32. The fourth-order valence-corrected chi connectivity index (χ4v) is 5.00. The molecule has 38 heavy (non-hydrogen) atoms. The highest BCUT2D eigenvalue weighted by Gasteiger charge is 2.36. The molecule has 10 heteroatoms. The van der Waals surface area contributed by atoms with Crippen LogP contribution in [-0.2, 0) is 20.7 Å². The summed E-state index contributed by atoms with van der Waals surface area (Å²) in [5.41, 5.74) is 1.90. The molecule has 0 aromatic heterocycles. The number of nitrogens with zero attached hydrogens (tertiary/aromatic N) is 2. The van der Waals surface area contributed by atoms with Crippen LogP contribution in [0, 0.1) is 5.82 Å². The average Bonchev–Trinajstić information content (AvgIpc) is 2.91. The molecule has 1 aliphatic rings. The van der Waals surface area contributed by atoms with E-state index in [4.69, 9.17) is 16.3 Å². The Morgan fingerprint density at radius 3 is 2.50 bits per heavy atom. The molecule has 1 atom stereocenters. The zero-order valence-corrected chi connectivity index (χ0v) is 22.1. The largest absolute Gasteiger partial charge is 0.462 e. The monoisotopic (exact) mass is 553 g/mol. The molecule has 1 fully saturated rings. The molecule has 0 spiro atoms. The van der Waals surface area contributed by atoms with Crippen LogP contribution in [0.2, 0.25) is 5.02 Å². The smallest absolute Gasteiger partial charge is 0.338 e. The van der Waals surface area contributed by atoms with Gasteiger partial charge in [0.15, 0.2) is 5.17 Å². The van der Waals surface area contributed by atoms with Crippen molar-refractivity contribution in [3.63, 3.8) is 0 Å². The van der Waals surface area contributed by atoms with E-state index < -0.39 is 11.2 Å². The van der Waals surface area contributed by atoms with Crippen molar-refractivity contribution in [1.29, 1.82) is 0 Å². The Morgan fingerprint density at radius 1 is 1.11 bits per heavy atom. The molecule has 1 N–H and O–H groups in total. The van der Waals surface area contributed by atoms with Crippen LogP contribution in [-0.4, -0.2) is 46.3 Å². The zero-order chi connectivity index (χ0) is 27.1. The Balaban J connectivity index is 1.57. The molecule has 0 saturated carbocycles. The highest BCUT2D eigenvalue weighted by Crippen LogP contribution is 2.30. The highest BCUT2D eigenvalue weighted by molar-refractivity contribution is 8.15. The van der Waals surface area contributed by atoms with Gasteiger partial charge in [-0.25, -0.2) is 14.2 Å². The third kappa shape index (κ3) is 6.99. The summed E-state index contributed by atoms with van der Waals surface area (Å²) >= 11 is 7.08. The van der Waals surface area contributed by atoms with E-state index in [1.54, 1.807) is 73.7 Å². The number of amides is 2. The molecule has 196 valence electrons. The minimum Gasteiger partial charge on any atom is -0.462 e. The van der Waals surface area contributed by atoms with Gasteiger partial charge in [0.25, 0.3) is 0 Å². The second-order valence-corrected chi connectivity index (χ2v) is 9.96. The van der Waals surface area contributed by atoms with Gasteiger partial charge in [0.05, 0.1) is 17.9 Å². The number of benzene rings is 3. The number of ether oxygens (including phenoxy) is 1. The highest BCUT2D eigenvalue weighted by atomic mass is 35.5. The maximum absolute atomic E-state index is 14.2. The first kappa shape index (κ1) is 27.3. The fraction of sp³-hybridized carbons (Fsp3) is 0.214. The molecule has 1 heterocycles. The standard InChI is InChI=1S/C28H25ClFN3O4S/c1-2-37-27(36)19-7-11-22(12-8-19)32-28-33(16-15-18-5-3-4-6-23(18)30)25(34)17-24(38-28)26(35)31-21-13-9-20(29)10-14-21/h3-14,24H,2,15-17H2,1H3,(H,31,35)/t24-/m0/s1. The zero-order valence-electron chi connectivity index (χ0n) is 20.5. The number of anilines is 1. The van der Waals surface area contributed by atoms with Crippen molar-refractivity contribution < 1.29 is 23.5 Å². The molecule has 7 nitrogen and oxygen atoms in total. The average molecular weight is 554 g/mol. The van der Waals surface area contributed by atoms with Crippen LogP contribution >= 0.6 is 23.4 Å². The predicted molar refractivity (Wildman–Crippen MR) is 147 cm³/mol. The number of carbonyl (C=O) groups excluding carboxylic acids is 3. The molecule has 0 radical (unpaired) electrons. The number of nitrogens with one attached hydrogen (secondary N) is 1. The summed E-state index contributed by atoms with van der Waals surface area (Å²) in [7, 11) is 0. The number of hydrogen-bond donors (Lipinski definition) is 1. The maximum Gasteiger partial charge on any atom is 0.338 e. The van der Waals surface area contributed by atoms with E-state index in [0.717, 1.165) is 11.8 Å². The van der Waals surface area contributed by atoms with Gasteiger partial charge in [0, 0.05) is 23.7 Å². The van der Waals surface area contributed by atoms with Crippen molar-refractivity contribution in [1.82, 2.24) is 4.90 Å². The van der Waals surface area contributed by atoms with E-state index in [9.17, 15) is 18.8 Å². The van der Waals surface area contributed by atoms with Gasteiger partial charge in [-0.1, -0.05) is 41.6 Å². The van der Waals surface area contributed by atoms with E-state index in [0.29, 0.717) is 32.7 Å². The van der Waals surface area contributed by atoms with Crippen molar-refractivity contribution >= 4 is 57.7 Å². The SMILES string of the molecule is CCOC(=O)c1ccc(N=C2S[C@H](C(=O)Nc3ccc(Cl)cc3)CC(=O)N2CCc2ccccc2F)cc1. The second kappa shape index (κ2) is 12.7. The number of hydrogen-bond acceptors (Lipinski definition) is 6. The summed E-state index contributed by atoms with van der Waals surface area (Å²) < 4.78 is 19.2. The van der Waals surface area contributed by atoms with Crippen LogP contribution in [0.15, 0.2) is 77.8 Å². The number of amidine groups is 1. The van der Waals surface area contributed by atoms with Crippen molar-refractivity contribution in [2.75, 3.05) is 18.5 Å². The molecule has 1 aliphatic heterocycles. The number of thioether (sulfide) groups is 1. The van der Waals surface area contributed by atoms with Gasteiger partial charge in [-0.15, -0.1) is 0 Å². The molecule has 0 bridgehead atoms. The van der Waals surface area contributed by atoms with E-state index in [1.165, 1.54) is 11.0 Å². The summed E-state index contributed by atoms with van der Waals surface area (Å²) in [6.07, 6.45) is 0.240. The van der Waals surface area contributed by atoms with Gasteiger partial charge >= 0.3 is 5.97 Å². The van der Waals surface area contributed by atoms with Crippen LogP contribution in [0.4, 0.5) is 15.8 Å². The maximum atomic E-state index is 14.2. The van der Waals surface area contributed by atoms with Gasteiger partial charge in [-0.3, -0.25) is 14.5 Å². The molecule has 1 saturated heterocycles. The van der Waals surface area contributed by atoms with E-state index >= 15 is 0 Å². The van der Waals surface area contributed by atoms with Gasteiger partial charge in [0.2, 0.25) is 11.8 Å². The molecular formula is C28H25ClFN3O4S. The topological polar surface area (TPSA) is 88.1 Å². The van der Waals surface area contributed by atoms with Crippen LogP contribution in [0.25, 0.3) is 0 Å². The third-order valence-electron chi connectivity index (χ3n) is 5.71. The first-order valence-corrected chi connectivity index (χ1v) is 13.2. The molecule has 0 unspecified atom stereocenters. The van der Waals surface area contributed by atoms with Crippen LogP contribution in [0.5, 0.6) is 0 Å². The Bertz CT molecular complexity index is 1350. The van der Waals surface area contributed by atoms with E-state index in [-0.39, 0.29) is 43.6 Å². The normalized spacial score (nSPS) is 16.4. The predicted octanol–water partition coefficient (Wildman–Crippen LogP) is 5.86. The lowest BCUT2D eigenvalue weighted by Crippen LogP contribution is -2.46. The van der Waals surface area contributed by atoms with Crippen molar-refractivity contribution in [2.24, 2.45) is 4.99 Å². The van der Waals surface area contributed by atoms with Gasteiger partial charge < -0.3 is 10.1 Å². The van der Waals surface area contributed by atoms with Crippen molar-refractivity contribution in [2.45, 2.75) is 25.0 Å². The lowest BCUT2D eigenvalue weighted by atomic mass is 10.1. The molecule has 2 amide bonds. The Hall–Kier alpha value is -3.69. The Kier molecular flexibility index (Phi) is 9.15. The summed E-state index contributed by atoms with van der Waals surface area (Å²) in [6.45, 7) is 2.18. The number of esters is 1. The molecule has 0 aliphatic carbocycles. The first-order valence-electron chi connectivity index (χ1n) is 12.0. The Labute approximate surface area is 229 Å². The number of aliphatic imine (C=N–C) groups is 1. The van der Waals surface area contributed by atoms with E-state index in [2.05, 4.69) is 10.3 Å². The number of carbonyl (C=O) groups is 3.